The standard InChI is InChI=1S/C12H23NO3/c1-7(5-6-14)13-12(15)11-8(2)9(3)16-10(11)4/h7-11,14H,5-6H2,1-4H3,(H,13,15). The number of aliphatic hydroxyl groups is 1. The van der Waals surface area contributed by atoms with E-state index in [1.54, 1.807) is 0 Å². The summed E-state index contributed by atoms with van der Waals surface area (Å²) in [6, 6.07) is 0.0211. The number of hydrogen-bond donors (Lipinski definition) is 2. The van der Waals surface area contributed by atoms with Gasteiger partial charge in [0.15, 0.2) is 0 Å². The Balaban J connectivity index is 2.53. The largest absolute Gasteiger partial charge is 0.396 e. The summed E-state index contributed by atoms with van der Waals surface area (Å²) >= 11 is 0. The zero-order valence-electron chi connectivity index (χ0n) is 10.6. The first-order chi connectivity index (χ1) is 7.47. The van der Waals surface area contributed by atoms with Gasteiger partial charge < -0.3 is 15.2 Å². The number of nitrogens with one attached hydrogen (secondary N) is 1. The van der Waals surface area contributed by atoms with Gasteiger partial charge in [0.05, 0.1) is 18.1 Å². The normalized spacial score (nSPS) is 36.1. The Morgan fingerprint density at radius 3 is 2.44 bits per heavy atom. The summed E-state index contributed by atoms with van der Waals surface area (Å²) in [6.45, 7) is 8.01. The van der Waals surface area contributed by atoms with E-state index in [1.807, 2.05) is 20.8 Å². The van der Waals surface area contributed by atoms with Crippen LogP contribution < -0.4 is 5.32 Å². The smallest absolute Gasteiger partial charge is 0.226 e. The van der Waals surface area contributed by atoms with Crippen LogP contribution in [0, 0.1) is 11.8 Å². The van der Waals surface area contributed by atoms with Gasteiger partial charge >= 0.3 is 0 Å². The van der Waals surface area contributed by atoms with Gasteiger partial charge in [-0.05, 0) is 33.1 Å². The highest BCUT2D eigenvalue weighted by molar-refractivity contribution is 5.80. The summed E-state index contributed by atoms with van der Waals surface area (Å²) in [5.41, 5.74) is 0. The summed E-state index contributed by atoms with van der Waals surface area (Å²) in [5.74, 6) is 0.220. The van der Waals surface area contributed by atoms with Gasteiger partial charge in [0.25, 0.3) is 0 Å². The molecule has 0 saturated carbocycles. The van der Waals surface area contributed by atoms with Gasteiger partial charge in [-0.15, -0.1) is 0 Å². The molecule has 1 heterocycles. The summed E-state index contributed by atoms with van der Waals surface area (Å²) < 4.78 is 5.64. The van der Waals surface area contributed by atoms with Crippen LogP contribution in [0.3, 0.4) is 0 Å². The number of amides is 1. The first kappa shape index (κ1) is 13.5. The molecule has 4 heteroatoms. The van der Waals surface area contributed by atoms with Crippen LogP contribution in [0.2, 0.25) is 0 Å². The SMILES string of the molecule is CC(CCO)NC(=O)C1C(C)OC(C)C1C. The average Bonchev–Trinajstić information content (AvgIpc) is 2.41. The molecule has 1 aliphatic heterocycles. The predicted octanol–water partition coefficient (Wildman–Crippen LogP) is 0.933. The first-order valence-corrected chi connectivity index (χ1v) is 6.04. The van der Waals surface area contributed by atoms with Crippen LogP contribution in [0.4, 0.5) is 0 Å². The molecular weight excluding hydrogens is 206 g/mol. The molecule has 94 valence electrons. The Kier molecular flexibility index (Phi) is 4.74. The second kappa shape index (κ2) is 5.64. The third-order valence-electron chi connectivity index (χ3n) is 3.50. The Morgan fingerprint density at radius 2 is 2.00 bits per heavy atom. The zero-order chi connectivity index (χ0) is 12.3. The van der Waals surface area contributed by atoms with Crippen molar-refractivity contribution in [2.45, 2.75) is 52.4 Å². The van der Waals surface area contributed by atoms with Gasteiger partial charge in [-0.2, -0.15) is 0 Å². The van der Waals surface area contributed by atoms with E-state index in [4.69, 9.17) is 9.84 Å². The maximum Gasteiger partial charge on any atom is 0.226 e. The fourth-order valence-corrected chi connectivity index (χ4v) is 2.32. The highest BCUT2D eigenvalue weighted by Crippen LogP contribution is 2.32. The van der Waals surface area contributed by atoms with E-state index < -0.39 is 0 Å². The summed E-state index contributed by atoms with van der Waals surface area (Å²) in [6.07, 6.45) is 0.711. The van der Waals surface area contributed by atoms with Crippen molar-refractivity contribution in [3.05, 3.63) is 0 Å². The van der Waals surface area contributed by atoms with E-state index in [-0.39, 0.29) is 42.6 Å². The molecule has 1 aliphatic rings. The molecule has 5 atom stereocenters. The van der Waals surface area contributed by atoms with E-state index in [2.05, 4.69) is 12.2 Å². The minimum atomic E-state index is -0.0730. The lowest BCUT2D eigenvalue weighted by Crippen LogP contribution is -2.42. The van der Waals surface area contributed by atoms with Crippen LogP contribution in [0.5, 0.6) is 0 Å². The molecule has 1 rings (SSSR count). The van der Waals surface area contributed by atoms with E-state index in [0.29, 0.717) is 6.42 Å². The maximum absolute atomic E-state index is 12.0. The quantitative estimate of drug-likeness (QED) is 0.754. The van der Waals surface area contributed by atoms with Crippen LogP contribution >= 0.6 is 0 Å². The molecule has 4 nitrogen and oxygen atoms in total. The minimum Gasteiger partial charge on any atom is -0.396 e. The molecule has 1 fully saturated rings. The van der Waals surface area contributed by atoms with Crippen molar-refractivity contribution in [1.82, 2.24) is 5.32 Å². The minimum absolute atomic E-state index is 0.0211. The topological polar surface area (TPSA) is 58.6 Å². The Bertz CT molecular complexity index is 244. The third-order valence-corrected chi connectivity index (χ3v) is 3.50. The lowest BCUT2D eigenvalue weighted by atomic mass is 9.88. The number of carbonyl (C=O) groups excluding carboxylic acids is 1. The number of carbonyl (C=O) groups is 1. The summed E-state index contributed by atoms with van der Waals surface area (Å²) in [5, 5.41) is 11.7. The van der Waals surface area contributed by atoms with Gasteiger partial charge in [-0.3, -0.25) is 4.79 Å². The average molecular weight is 229 g/mol. The summed E-state index contributed by atoms with van der Waals surface area (Å²) in [4.78, 5) is 12.0. The molecule has 2 N–H and O–H groups in total. The molecule has 0 aromatic rings. The number of ether oxygens (including phenoxy) is 1. The molecule has 5 unspecified atom stereocenters. The van der Waals surface area contributed by atoms with Crippen molar-refractivity contribution < 1.29 is 14.6 Å². The van der Waals surface area contributed by atoms with Gasteiger partial charge in [0, 0.05) is 12.6 Å². The number of hydrogen-bond acceptors (Lipinski definition) is 3. The fourth-order valence-electron chi connectivity index (χ4n) is 2.32. The molecule has 0 aromatic carbocycles. The Morgan fingerprint density at radius 1 is 1.38 bits per heavy atom. The molecule has 0 bridgehead atoms. The maximum atomic E-state index is 12.0. The van der Waals surface area contributed by atoms with Crippen LogP contribution in [-0.4, -0.2) is 35.9 Å². The van der Waals surface area contributed by atoms with Crippen molar-refractivity contribution in [1.29, 1.82) is 0 Å². The third kappa shape index (κ3) is 2.95. The molecular formula is C12H23NO3. The van der Waals surface area contributed by atoms with Gasteiger partial charge in [-0.25, -0.2) is 0 Å². The monoisotopic (exact) mass is 229 g/mol. The van der Waals surface area contributed by atoms with E-state index in [1.165, 1.54) is 0 Å². The highest BCUT2D eigenvalue weighted by atomic mass is 16.5. The summed E-state index contributed by atoms with van der Waals surface area (Å²) in [7, 11) is 0. The number of aliphatic hydroxyl groups excluding tert-OH is 1. The van der Waals surface area contributed by atoms with Crippen LogP contribution in [0.1, 0.15) is 34.1 Å². The zero-order valence-corrected chi connectivity index (χ0v) is 10.6. The van der Waals surface area contributed by atoms with Crippen molar-refractivity contribution in [3.8, 4) is 0 Å². The molecule has 0 aromatic heterocycles. The second-order valence-electron chi connectivity index (χ2n) is 4.85. The van der Waals surface area contributed by atoms with E-state index in [0.717, 1.165) is 0 Å². The molecule has 1 saturated heterocycles. The predicted molar refractivity (Wildman–Crippen MR) is 62.0 cm³/mol. The Hall–Kier alpha value is -0.610. The molecule has 16 heavy (non-hydrogen) atoms. The van der Waals surface area contributed by atoms with Gasteiger partial charge in [-0.1, -0.05) is 6.92 Å². The van der Waals surface area contributed by atoms with Gasteiger partial charge in [0.2, 0.25) is 5.91 Å². The lowest BCUT2D eigenvalue weighted by molar-refractivity contribution is -0.127. The van der Waals surface area contributed by atoms with Crippen LogP contribution in [0.25, 0.3) is 0 Å². The molecule has 0 radical (unpaired) electrons. The molecule has 1 amide bonds. The van der Waals surface area contributed by atoms with Crippen molar-refractivity contribution >= 4 is 5.91 Å². The van der Waals surface area contributed by atoms with E-state index >= 15 is 0 Å². The van der Waals surface area contributed by atoms with Crippen molar-refractivity contribution in [2.24, 2.45) is 11.8 Å². The first-order valence-electron chi connectivity index (χ1n) is 6.04. The second-order valence-corrected chi connectivity index (χ2v) is 4.85. The van der Waals surface area contributed by atoms with E-state index in [9.17, 15) is 4.79 Å². The Labute approximate surface area is 97.4 Å². The van der Waals surface area contributed by atoms with Crippen molar-refractivity contribution in [3.63, 3.8) is 0 Å². The van der Waals surface area contributed by atoms with Gasteiger partial charge in [0.1, 0.15) is 0 Å². The van der Waals surface area contributed by atoms with Crippen molar-refractivity contribution in [2.75, 3.05) is 6.61 Å². The molecule has 0 spiro atoms. The lowest BCUT2D eigenvalue weighted by Gasteiger charge is -2.21. The van der Waals surface area contributed by atoms with Crippen LogP contribution in [0.15, 0.2) is 0 Å². The van der Waals surface area contributed by atoms with Crippen LogP contribution in [-0.2, 0) is 9.53 Å². The molecule has 0 aliphatic carbocycles. The highest BCUT2D eigenvalue weighted by Gasteiger charge is 2.41. The number of rotatable bonds is 4. The fraction of sp³-hybridized carbons (Fsp3) is 0.917.